The van der Waals surface area contributed by atoms with Crippen LogP contribution in [0.15, 0.2) is 35.7 Å². The molecule has 0 aliphatic heterocycles. The molecule has 3 heteroatoms. The van der Waals surface area contributed by atoms with Crippen molar-refractivity contribution in [3.05, 3.63) is 55.3 Å². The summed E-state index contributed by atoms with van der Waals surface area (Å²) in [6, 6.07) is 10.4. The average molecular weight is 344 g/mol. The molecule has 2 rings (SSSR count). The van der Waals surface area contributed by atoms with Gasteiger partial charge < -0.3 is 5.11 Å². The molecule has 0 bridgehead atoms. The maximum atomic E-state index is 10.1. The van der Waals surface area contributed by atoms with E-state index in [2.05, 4.69) is 53.8 Å². The molecule has 1 atom stereocenters. The quantitative estimate of drug-likeness (QED) is 0.837. The summed E-state index contributed by atoms with van der Waals surface area (Å²) in [5.41, 5.74) is 3.46. The third kappa shape index (κ3) is 3.06. The summed E-state index contributed by atoms with van der Waals surface area (Å²) in [4.78, 5) is 0. The van der Waals surface area contributed by atoms with Gasteiger partial charge in [-0.05, 0) is 52.1 Å². The Morgan fingerprint density at radius 3 is 2.56 bits per heavy atom. The lowest BCUT2D eigenvalue weighted by molar-refractivity contribution is 0.179. The molecule has 0 saturated carbocycles. The lowest BCUT2D eigenvalue weighted by Crippen LogP contribution is -2.00. The summed E-state index contributed by atoms with van der Waals surface area (Å²) in [5.74, 6) is 0. The summed E-state index contributed by atoms with van der Waals surface area (Å²) in [6.45, 7) is 2.07. The molecule has 0 radical (unpaired) electrons. The first-order valence-electron chi connectivity index (χ1n) is 5.12. The smallest absolute Gasteiger partial charge is 0.0838 e. The van der Waals surface area contributed by atoms with Crippen LogP contribution in [-0.4, -0.2) is 5.11 Å². The van der Waals surface area contributed by atoms with Crippen molar-refractivity contribution < 1.29 is 5.11 Å². The first kappa shape index (κ1) is 12.1. The lowest BCUT2D eigenvalue weighted by atomic mass is 10.0. The zero-order chi connectivity index (χ0) is 11.5. The van der Waals surface area contributed by atoms with Gasteiger partial charge in [0.2, 0.25) is 0 Å². The van der Waals surface area contributed by atoms with Crippen molar-refractivity contribution in [2.45, 2.75) is 19.4 Å². The molecule has 0 aliphatic carbocycles. The fourth-order valence-electron chi connectivity index (χ4n) is 1.56. The van der Waals surface area contributed by atoms with E-state index in [9.17, 15) is 5.11 Å². The van der Waals surface area contributed by atoms with Gasteiger partial charge in [0.05, 0.1) is 8.99 Å². The highest BCUT2D eigenvalue weighted by molar-refractivity contribution is 14.1. The van der Waals surface area contributed by atoms with E-state index < -0.39 is 0 Å². The van der Waals surface area contributed by atoms with Crippen LogP contribution < -0.4 is 0 Å². The van der Waals surface area contributed by atoms with Crippen molar-refractivity contribution in [3.63, 3.8) is 0 Å². The second-order valence-corrected chi connectivity index (χ2v) is 6.70. The minimum absolute atomic E-state index is 0.387. The number of hydrogen-bond acceptors (Lipinski definition) is 2. The molecule has 84 valence electrons. The SMILES string of the molecule is Cc1ccc(CC(O)c2csc(I)c2)cc1. The van der Waals surface area contributed by atoms with Crippen molar-refractivity contribution in [2.75, 3.05) is 0 Å². The first-order valence-corrected chi connectivity index (χ1v) is 7.08. The monoisotopic (exact) mass is 344 g/mol. The van der Waals surface area contributed by atoms with Crippen LogP contribution in [0.4, 0.5) is 0 Å². The number of rotatable bonds is 3. The maximum absolute atomic E-state index is 10.1. The van der Waals surface area contributed by atoms with Crippen molar-refractivity contribution in [1.29, 1.82) is 0 Å². The van der Waals surface area contributed by atoms with E-state index >= 15 is 0 Å². The molecule has 2 aromatic rings. The van der Waals surface area contributed by atoms with Crippen LogP contribution >= 0.6 is 33.9 Å². The van der Waals surface area contributed by atoms with Gasteiger partial charge in [0.15, 0.2) is 0 Å². The van der Waals surface area contributed by atoms with Crippen LogP contribution in [0.2, 0.25) is 0 Å². The number of aliphatic hydroxyl groups excluding tert-OH is 1. The Hall–Kier alpha value is -0.390. The summed E-state index contributed by atoms with van der Waals surface area (Å²) < 4.78 is 1.22. The predicted octanol–water partition coefficient (Wildman–Crippen LogP) is 3.94. The molecular weight excluding hydrogens is 331 g/mol. The second kappa shape index (κ2) is 5.29. The Morgan fingerprint density at radius 2 is 2.00 bits per heavy atom. The highest BCUT2D eigenvalue weighted by Crippen LogP contribution is 2.24. The third-order valence-corrected chi connectivity index (χ3v) is 4.33. The lowest BCUT2D eigenvalue weighted by Gasteiger charge is -2.08. The molecule has 1 nitrogen and oxygen atoms in total. The maximum Gasteiger partial charge on any atom is 0.0838 e. The Kier molecular flexibility index (Phi) is 4.00. The molecule has 16 heavy (non-hydrogen) atoms. The van der Waals surface area contributed by atoms with Gasteiger partial charge in [-0.15, -0.1) is 11.3 Å². The van der Waals surface area contributed by atoms with Crippen molar-refractivity contribution in [2.24, 2.45) is 0 Å². The molecule has 1 N–H and O–H groups in total. The van der Waals surface area contributed by atoms with E-state index in [4.69, 9.17) is 0 Å². The fourth-order valence-corrected chi connectivity index (χ4v) is 2.98. The molecule has 0 aliphatic rings. The van der Waals surface area contributed by atoms with Gasteiger partial charge in [-0.3, -0.25) is 0 Å². The normalized spacial score (nSPS) is 12.7. The molecule has 0 amide bonds. The Morgan fingerprint density at radius 1 is 1.31 bits per heavy atom. The van der Waals surface area contributed by atoms with E-state index in [0.29, 0.717) is 6.42 Å². The van der Waals surface area contributed by atoms with Gasteiger partial charge in [0.1, 0.15) is 0 Å². The molecule has 0 saturated heterocycles. The minimum Gasteiger partial charge on any atom is -0.388 e. The van der Waals surface area contributed by atoms with Crippen LogP contribution in [0.5, 0.6) is 0 Å². The Bertz CT molecular complexity index is 461. The van der Waals surface area contributed by atoms with Gasteiger partial charge >= 0.3 is 0 Å². The first-order chi connectivity index (χ1) is 7.65. The Labute approximate surface area is 113 Å². The van der Waals surface area contributed by atoms with Crippen LogP contribution in [0, 0.1) is 9.81 Å². The summed E-state index contributed by atoms with van der Waals surface area (Å²) in [7, 11) is 0. The highest BCUT2D eigenvalue weighted by atomic mass is 127. The van der Waals surface area contributed by atoms with Gasteiger partial charge in [-0.2, -0.15) is 0 Å². The van der Waals surface area contributed by atoms with Gasteiger partial charge in [-0.25, -0.2) is 0 Å². The van der Waals surface area contributed by atoms with Crippen molar-refractivity contribution in [1.82, 2.24) is 0 Å². The van der Waals surface area contributed by atoms with E-state index in [1.165, 1.54) is 14.0 Å². The number of halogens is 1. The number of benzene rings is 1. The molecule has 0 spiro atoms. The number of thiophene rings is 1. The Balaban J connectivity index is 2.07. The van der Waals surface area contributed by atoms with Crippen molar-refractivity contribution >= 4 is 33.9 Å². The van der Waals surface area contributed by atoms with Crippen LogP contribution in [-0.2, 0) is 6.42 Å². The largest absolute Gasteiger partial charge is 0.388 e. The molecule has 1 aromatic carbocycles. The van der Waals surface area contributed by atoms with E-state index in [1.807, 2.05) is 11.4 Å². The zero-order valence-electron chi connectivity index (χ0n) is 8.98. The molecule has 1 heterocycles. The third-order valence-electron chi connectivity index (χ3n) is 2.52. The van der Waals surface area contributed by atoms with E-state index in [1.54, 1.807) is 11.3 Å². The summed E-state index contributed by atoms with van der Waals surface area (Å²) >= 11 is 3.95. The molecule has 0 fully saturated rings. The standard InChI is InChI=1S/C13H13IOS/c1-9-2-4-10(5-3-9)6-12(15)11-7-13(14)16-8-11/h2-5,7-8,12,15H,6H2,1H3. The van der Waals surface area contributed by atoms with Gasteiger partial charge in [0, 0.05) is 6.42 Å². The molecule has 1 aromatic heterocycles. The van der Waals surface area contributed by atoms with Gasteiger partial charge in [0.25, 0.3) is 0 Å². The van der Waals surface area contributed by atoms with E-state index in [0.717, 1.165) is 5.56 Å². The molecular formula is C13H13IOS. The minimum atomic E-state index is -0.387. The van der Waals surface area contributed by atoms with E-state index in [-0.39, 0.29) is 6.10 Å². The number of aryl methyl sites for hydroxylation is 1. The average Bonchev–Trinajstić information content (AvgIpc) is 2.68. The molecule has 1 unspecified atom stereocenters. The van der Waals surface area contributed by atoms with Gasteiger partial charge in [-0.1, -0.05) is 29.8 Å². The zero-order valence-corrected chi connectivity index (χ0v) is 12.0. The van der Waals surface area contributed by atoms with Crippen LogP contribution in [0.1, 0.15) is 22.8 Å². The van der Waals surface area contributed by atoms with Crippen LogP contribution in [0.25, 0.3) is 0 Å². The predicted molar refractivity (Wildman–Crippen MR) is 76.9 cm³/mol. The number of hydrogen-bond donors (Lipinski definition) is 1. The summed E-state index contributed by atoms with van der Waals surface area (Å²) in [6.07, 6.45) is 0.301. The number of aliphatic hydroxyl groups is 1. The fraction of sp³-hybridized carbons (Fsp3) is 0.231. The second-order valence-electron chi connectivity index (χ2n) is 3.89. The van der Waals surface area contributed by atoms with Crippen LogP contribution in [0.3, 0.4) is 0 Å². The highest BCUT2D eigenvalue weighted by Gasteiger charge is 2.10. The topological polar surface area (TPSA) is 20.2 Å². The van der Waals surface area contributed by atoms with Crippen molar-refractivity contribution in [3.8, 4) is 0 Å². The summed E-state index contributed by atoms with van der Waals surface area (Å²) in [5, 5.41) is 12.1.